The molecular weight excluding hydrogens is 749 g/mol. The van der Waals surface area contributed by atoms with E-state index >= 15 is 0 Å². The summed E-state index contributed by atoms with van der Waals surface area (Å²) in [4.78, 5) is 17.9. The van der Waals surface area contributed by atoms with Crippen molar-refractivity contribution in [3.8, 4) is 22.5 Å². The summed E-state index contributed by atoms with van der Waals surface area (Å²) in [7, 11) is -1.34. The second kappa shape index (κ2) is 13.9. The molecule has 0 N–H and O–H groups in total. The third-order valence-electron chi connectivity index (χ3n) is 7.62. The molecule has 0 bridgehead atoms. The Labute approximate surface area is 282 Å². The van der Waals surface area contributed by atoms with Crippen molar-refractivity contribution in [3.05, 3.63) is 102 Å². The fourth-order valence-corrected chi connectivity index (χ4v) is 6.94. The van der Waals surface area contributed by atoms with Crippen LogP contribution in [0.5, 0.6) is 0 Å². The molecule has 0 atom stereocenters. The minimum atomic E-state index is -1.34. The van der Waals surface area contributed by atoms with E-state index in [1.54, 1.807) is 6.20 Å². The zero-order valence-corrected chi connectivity index (χ0v) is 31.1. The fourth-order valence-electron chi connectivity index (χ4n) is 5.35. The minimum absolute atomic E-state index is 0. The molecule has 6 aromatic rings. The van der Waals surface area contributed by atoms with Crippen LogP contribution < -0.4 is 5.19 Å². The number of benzene rings is 1. The largest absolute Gasteiger partial charge is 0.457 e. The maximum absolute atomic E-state index is 5.87. The number of nitrogens with zero attached hydrogens (tertiary/aromatic N) is 4. The molecule has 5 heterocycles. The van der Waals surface area contributed by atoms with Gasteiger partial charge in [0.1, 0.15) is 0 Å². The number of furan rings is 1. The molecule has 5 aromatic heterocycles. The third-order valence-corrected chi connectivity index (χ3v) is 9.69. The Hall–Kier alpha value is -3.51. The van der Waals surface area contributed by atoms with Crippen molar-refractivity contribution in [1.82, 2.24) is 19.9 Å². The van der Waals surface area contributed by atoms with E-state index in [1.165, 1.54) is 16.3 Å². The first-order chi connectivity index (χ1) is 20.8. The number of fused-ring (bicyclic) bond motifs is 3. The van der Waals surface area contributed by atoms with Crippen LogP contribution in [0.3, 0.4) is 0 Å². The van der Waals surface area contributed by atoms with Gasteiger partial charge < -0.3 is 19.4 Å². The number of hydrogen-bond donors (Lipinski definition) is 0. The van der Waals surface area contributed by atoms with Crippen LogP contribution in [-0.4, -0.2) is 28.0 Å². The number of pyridine rings is 4. The molecule has 0 saturated carbocycles. The van der Waals surface area contributed by atoms with Crippen LogP contribution in [-0.2, 0) is 31.9 Å². The Kier molecular flexibility index (Phi) is 10.6. The van der Waals surface area contributed by atoms with Gasteiger partial charge in [0.05, 0.1) is 13.7 Å². The Morgan fingerprint density at radius 1 is 0.933 bits per heavy atom. The monoisotopic (exact) mass is 791 g/mol. The molecule has 45 heavy (non-hydrogen) atoms. The molecule has 0 aliphatic heterocycles. The second-order valence-electron chi connectivity index (χ2n) is 13.9. The van der Waals surface area contributed by atoms with E-state index in [9.17, 15) is 0 Å². The average molecular weight is 791 g/mol. The topological polar surface area (TPSA) is 64.7 Å². The molecule has 0 saturated heterocycles. The van der Waals surface area contributed by atoms with Gasteiger partial charge in [-0.25, -0.2) is 4.98 Å². The minimum Gasteiger partial charge on any atom is -0.457 e. The van der Waals surface area contributed by atoms with Gasteiger partial charge in [0.15, 0.2) is 0 Å². The predicted molar refractivity (Wildman–Crippen MR) is 185 cm³/mol. The second-order valence-corrected chi connectivity index (χ2v) is 19.0. The molecule has 0 unspecified atom stereocenters. The van der Waals surface area contributed by atoms with E-state index in [2.05, 4.69) is 117 Å². The zero-order valence-electron chi connectivity index (χ0n) is 27.7. The van der Waals surface area contributed by atoms with E-state index in [-0.39, 0.29) is 25.5 Å². The summed E-state index contributed by atoms with van der Waals surface area (Å²) in [5.74, 6) is 0.667. The Balaban J connectivity index is 0.000000204. The SMILES string of the molecule is CC(C)Cc1cc(-c2[c-]cccc2)ncc1[Si](C)(C)C.Cc1ccc2c(n1)oc1cn[c-]c(-c3cc(C(C)(C)C)ccn3)c12.[Ir]. The van der Waals surface area contributed by atoms with E-state index in [1.807, 2.05) is 43.5 Å². The predicted octanol–water partition coefficient (Wildman–Crippen LogP) is 9.13. The molecule has 0 spiro atoms. The van der Waals surface area contributed by atoms with Crippen molar-refractivity contribution in [2.24, 2.45) is 5.92 Å². The van der Waals surface area contributed by atoms with Gasteiger partial charge in [-0.3, -0.25) is 0 Å². The van der Waals surface area contributed by atoms with Crippen molar-refractivity contribution in [1.29, 1.82) is 0 Å². The molecule has 1 radical (unpaired) electrons. The van der Waals surface area contributed by atoms with E-state index in [0.29, 0.717) is 17.2 Å². The van der Waals surface area contributed by atoms with Crippen molar-refractivity contribution >= 4 is 35.3 Å². The first kappa shape index (κ1) is 34.4. The number of hydrogen-bond acceptors (Lipinski definition) is 5. The van der Waals surface area contributed by atoms with Crippen LogP contribution in [0.4, 0.5) is 0 Å². The number of rotatable bonds is 5. The van der Waals surface area contributed by atoms with E-state index in [4.69, 9.17) is 4.42 Å². The van der Waals surface area contributed by atoms with Gasteiger partial charge in [-0.15, -0.1) is 35.9 Å². The summed E-state index contributed by atoms with van der Waals surface area (Å²) in [6.07, 6.45) is 9.86. The zero-order chi connectivity index (χ0) is 31.6. The normalized spacial score (nSPS) is 11.8. The van der Waals surface area contributed by atoms with Gasteiger partial charge in [-0.1, -0.05) is 83.6 Å². The van der Waals surface area contributed by atoms with E-state index < -0.39 is 8.07 Å². The molecule has 0 aliphatic carbocycles. The smallest absolute Gasteiger partial charge is 0.216 e. The first-order valence-electron chi connectivity index (χ1n) is 15.3. The van der Waals surface area contributed by atoms with Gasteiger partial charge in [0, 0.05) is 43.6 Å². The van der Waals surface area contributed by atoms with Crippen LogP contribution in [0.25, 0.3) is 44.6 Å². The molecule has 5 nitrogen and oxygen atoms in total. The van der Waals surface area contributed by atoms with E-state index in [0.717, 1.165) is 45.4 Å². The maximum atomic E-state index is 5.87. The summed E-state index contributed by atoms with van der Waals surface area (Å²) < 4.78 is 5.87. The molecule has 6 rings (SSSR count). The van der Waals surface area contributed by atoms with Gasteiger partial charge in [0.2, 0.25) is 5.71 Å². The molecular formula is C38H42IrN4OSi-2. The molecule has 0 aliphatic rings. The average Bonchev–Trinajstić information content (AvgIpc) is 3.34. The molecule has 0 fully saturated rings. The standard InChI is InChI=1S/C20H18N3O.C18H24NSi.Ir/c1-12-5-6-14-18-15(10-21-11-17(18)24-19(14)23-12)16-9-13(7-8-22-16)20(2,3)4;1-14(2)11-16-12-17(15-9-7-6-8-10-15)19-13-18(16)20(3,4)5;/h5-9,11H,1-4H3;6-9,12-14H,11H2,1-5H3;/q2*-1;. The van der Waals surface area contributed by atoms with Crippen LogP contribution in [0.1, 0.15) is 51.4 Å². The molecule has 1 aromatic carbocycles. The Bertz CT molecular complexity index is 1900. The third kappa shape index (κ3) is 8.02. The summed E-state index contributed by atoms with van der Waals surface area (Å²) in [6.45, 7) is 20.3. The summed E-state index contributed by atoms with van der Waals surface area (Å²) in [6, 6.07) is 21.8. The van der Waals surface area contributed by atoms with Crippen molar-refractivity contribution in [2.45, 2.75) is 73.0 Å². The molecule has 0 amide bonds. The Morgan fingerprint density at radius 2 is 1.71 bits per heavy atom. The van der Waals surface area contributed by atoms with Crippen molar-refractivity contribution in [3.63, 3.8) is 0 Å². The Morgan fingerprint density at radius 3 is 2.38 bits per heavy atom. The number of aromatic nitrogens is 4. The van der Waals surface area contributed by atoms with Gasteiger partial charge in [-0.05, 0) is 76.7 Å². The quantitative estimate of drug-likeness (QED) is 0.129. The fraction of sp³-hybridized carbons (Fsp3) is 0.316. The summed E-state index contributed by atoms with van der Waals surface area (Å²) >= 11 is 0. The van der Waals surface area contributed by atoms with Gasteiger partial charge >= 0.3 is 0 Å². The van der Waals surface area contributed by atoms with Gasteiger partial charge in [-0.2, -0.15) is 0 Å². The maximum Gasteiger partial charge on any atom is 0.216 e. The summed E-state index contributed by atoms with van der Waals surface area (Å²) in [5, 5.41) is 3.42. The van der Waals surface area contributed by atoms with Crippen LogP contribution in [0.15, 0.2) is 77.6 Å². The van der Waals surface area contributed by atoms with Crippen LogP contribution in [0, 0.1) is 25.1 Å². The number of aryl methyl sites for hydroxylation is 1. The van der Waals surface area contributed by atoms with Crippen molar-refractivity contribution in [2.75, 3.05) is 0 Å². The molecule has 7 heteroatoms. The van der Waals surface area contributed by atoms with Gasteiger partial charge in [0.25, 0.3) is 0 Å². The first-order valence-corrected chi connectivity index (χ1v) is 18.8. The van der Waals surface area contributed by atoms with Crippen LogP contribution >= 0.6 is 0 Å². The molecule has 235 valence electrons. The summed E-state index contributed by atoms with van der Waals surface area (Å²) in [5.41, 5.74) is 8.83. The van der Waals surface area contributed by atoms with Crippen LogP contribution in [0.2, 0.25) is 19.6 Å². The van der Waals surface area contributed by atoms with Crippen molar-refractivity contribution < 1.29 is 24.5 Å².